The summed E-state index contributed by atoms with van der Waals surface area (Å²) >= 11 is 2.08. The number of aliphatic imine (C=N–C) groups is 1. The lowest BCUT2D eigenvalue weighted by Gasteiger charge is -2.48. The first-order valence-corrected chi connectivity index (χ1v) is 11.0. The van der Waals surface area contributed by atoms with Gasteiger partial charge in [-0.3, -0.25) is 9.89 Å². The number of hydrogen-bond donors (Lipinski definition) is 2. The Morgan fingerprint density at radius 3 is 2.48 bits per heavy atom. The van der Waals surface area contributed by atoms with Gasteiger partial charge in [0.2, 0.25) is 5.89 Å². The van der Waals surface area contributed by atoms with E-state index in [0.29, 0.717) is 12.4 Å². The normalized spacial score (nSPS) is 20.8. The molecule has 1 aliphatic heterocycles. The number of aromatic nitrogens is 1. The average molecular weight is 507 g/mol. The van der Waals surface area contributed by atoms with E-state index in [2.05, 4.69) is 37.3 Å². The van der Waals surface area contributed by atoms with Gasteiger partial charge in [-0.25, -0.2) is 4.98 Å². The molecule has 0 spiro atoms. The number of hydrogen-bond acceptors (Lipinski definition) is 5. The van der Waals surface area contributed by atoms with Crippen LogP contribution in [0.5, 0.6) is 0 Å². The first kappa shape index (κ1) is 22.8. The molecule has 1 saturated carbocycles. The third kappa shape index (κ3) is 6.00. The molecule has 0 amide bonds. The third-order valence-electron chi connectivity index (χ3n) is 5.75. The van der Waals surface area contributed by atoms with Crippen molar-refractivity contribution in [2.75, 3.05) is 38.2 Å². The van der Waals surface area contributed by atoms with Crippen molar-refractivity contribution in [3.63, 3.8) is 0 Å². The summed E-state index contributed by atoms with van der Waals surface area (Å²) in [6, 6.07) is 0. The smallest absolute Gasteiger partial charge is 0.214 e. The van der Waals surface area contributed by atoms with Gasteiger partial charge < -0.3 is 15.1 Å². The van der Waals surface area contributed by atoms with Gasteiger partial charge in [0.15, 0.2) is 5.96 Å². The van der Waals surface area contributed by atoms with Gasteiger partial charge in [0.05, 0.1) is 12.2 Å². The summed E-state index contributed by atoms with van der Waals surface area (Å²) in [5.74, 6) is 4.95. The second-order valence-corrected chi connectivity index (χ2v) is 8.64. The second-order valence-electron chi connectivity index (χ2n) is 7.41. The van der Waals surface area contributed by atoms with Crippen molar-refractivity contribution in [2.45, 2.75) is 58.0 Å². The molecule has 1 aliphatic carbocycles. The van der Waals surface area contributed by atoms with Crippen molar-refractivity contribution < 1.29 is 4.42 Å². The van der Waals surface area contributed by atoms with Crippen molar-refractivity contribution >= 4 is 41.7 Å². The molecule has 6 nitrogen and oxygen atoms in total. The van der Waals surface area contributed by atoms with E-state index in [9.17, 15) is 0 Å². The van der Waals surface area contributed by atoms with E-state index in [0.717, 1.165) is 24.0 Å². The van der Waals surface area contributed by atoms with E-state index in [1.165, 1.54) is 56.7 Å². The molecule has 0 unspecified atom stereocenters. The van der Waals surface area contributed by atoms with Crippen molar-refractivity contribution in [1.29, 1.82) is 0 Å². The van der Waals surface area contributed by atoms with Gasteiger partial charge in [-0.15, -0.1) is 24.0 Å². The predicted octanol–water partition coefficient (Wildman–Crippen LogP) is 3.33. The summed E-state index contributed by atoms with van der Waals surface area (Å²) in [6.07, 6.45) is 6.64. The van der Waals surface area contributed by atoms with Crippen LogP contribution in [0.1, 0.15) is 49.4 Å². The fourth-order valence-electron chi connectivity index (χ4n) is 4.10. The SMILES string of the molecule is CN=C(NCc1nc(C)c(C)o1)NCC1(N2CCSCC2)CCCCC1.I. The van der Waals surface area contributed by atoms with Crippen LogP contribution in [0.3, 0.4) is 0 Å². The quantitative estimate of drug-likeness (QED) is 0.362. The highest BCUT2D eigenvalue weighted by Gasteiger charge is 2.38. The van der Waals surface area contributed by atoms with Gasteiger partial charge in [-0.1, -0.05) is 19.3 Å². The van der Waals surface area contributed by atoms with Gasteiger partial charge in [0, 0.05) is 43.7 Å². The third-order valence-corrected chi connectivity index (χ3v) is 6.70. The molecule has 27 heavy (non-hydrogen) atoms. The number of thioether (sulfide) groups is 1. The monoisotopic (exact) mass is 507 g/mol. The lowest BCUT2D eigenvalue weighted by atomic mass is 9.80. The Morgan fingerprint density at radius 2 is 1.89 bits per heavy atom. The van der Waals surface area contributed by atoms with E-state index in [4.69, 9.17) is 4.42 Å². The van der Waals surface area contributed by atoms with Crippen molar-refractivity contribution in [1.82, 2.24) is 20.5 Å². The second kappa shape index (κ2) is 10.9. The minimum absolute atomic E-state index is 0. The zero-order valence-electron chi connectivity index (χ0n) is 16.8. The minimum Gasteiger partial charge on any atom is -0.444 e. The Hall–Kier alpha value is -0.480. The molecular weight excluding hydrogens is 473 g/mol. The number of guanidine groups is 1. The van der Waals surface area contributed by atoms with Crippen LogP contribution in [0.25, 0.3) is 0 Å². The molecule has 2 fully saturated rings. The number of halogens is 1. The predicted molar refractivity (Wildman–Crippen MR) is 124 cm³/mol. The summed E-state index contributed by atoms with van der Waals surface area (Å²) in [5, 5.41) is 6.94. The molecule has 2 aliphatic rings. The zero-order valence-corrected chi connectivity index (χ0v) is 20.0. The van der Waals surface area contributed by atoms with Crippen LogP contribution in [0.15, 0.2) is 9.41 Å². The molecule has 0 aromatic carbocycles. The summed E-state index contributed by atoms with van der Waals surface area (Å²) in [5.41, 5.74) is 1.24. The number of rotatable bonds is 5. The fraction of sp³-hybridized carbons (Fsp3) is 0.789. The largest absolute Gasteiger partial charge is 0.444 e. The standard InChI is InChI=1S/C19H33N5OS.HI/c1-15-16(2)25-17(23-15)13-21-18(20-3)22-14-19(7-5-4-6-8-19)24-9-11-26-12-10-24;/h4-14H2,1-3H3,(H2,20,21,22);1H. The number of nitrogens with one attached hydrogen (secondary N) is 2. The molecule has 1 aromatic heterocycles. The molecule has 2 N–H and O–H groups in total. The van der Waals surface area contributed by atoms with Crippen LogP contribution in [0.2, 0.25) is 0 Å². The average Bonchev–Trinajstić information content (AvgIpc) is 3.01. The molecule has 154 valence electrons. The number of nitrogens with zero attached hydrogens (tertiary/aromatic N) is 3. The Balaban J connectivity index is 0.00000261. The summed E-state index contributed by atoms with van der Waals surface area (Å²) in [6.45, 7) is 7.87. The molecule has 8 heteroatoms. The highest BCUT2D eigenvalue weighted by atomic mass is 127. The molecule has 0 atom stereocenters. The zero-order chi connectivity index (χ0) is 18.4. The first-order chi connectivity index (χ1) is 12.6. The maximum absolute atomic E-state index is 5.65. The molecule has 1 saturated heterocycles. The van der Waals surface area contributed by atoms with E-state index in [1.807, 2.05) is 20.9 Å². The Morgan fingerprint density at radius 1 is 1.19 bits per heavy atom. The lowest BCUT2D eigenvalue weighted by molar-refractivity contribution is 0.0626. The highest BCUT2D eigenvalue weighted by molar-refractivity contribution is 14.0. The maximum atomic E-state index is 5.65. The van der Waals surface area contributed by atoms with Crippen molar-refractivity contribution in [3.8, 4) is 0 Å². The molecule has 2 heterocycles. The minimum atomic E-state index is 0. The Bertz CT molecular complexity index is 590. The van der Waals surface area contributed by atoms with E-state index in [1.54, 1.807) is 0 Å². The van der Waals surface area contributed by atoms with E-state index in [-0.39, 0.29) is 29.5 Å². The Kier molecular flexibility index (Phi) is 9.21. The van der Waals surface area contributed by atoms with Crippen LogP contribution in [0, 0.1) is 13.8 Å². The van der Waals surface area contributed by atoms with Gasteiger partial charge in [0.1, 0.15) is 5.76 Å². The van der Waals surface area contributed by atoms with Crippen LogP contribution in [-0.4, -0.2) is 59.6 Å². The number of oxazole rings is 1. The topological polar surface area (TPSA) is 65.7 Å². The highest BCUT2D eigenvalue weighted by Crippen LogP contribution is 2.34. The molecule has 1 aromatic rings. The van der Waals surface area contributed by atoms with Gasteiger partial charge in [-0.2, -0.15) is 11.8 Å². The van der Waals surface area contributed by atoms with Crippen molar-refractivity contribution in [3.05, 3.63) is 17.3 Å². The summed E-state index contributed by atoms with van der Waals surface area (Å²) in [7, 11) is 1.83. The van der Waals surface area contributed by atoms with Gasteiger partial charge >= 0.3 is 0 Å². The lowest BCUT2D eigenvalue weighted by Crippen LogP contribution is -2.59. The van der Waals surface area contributed by atoms with Crippen molar-refractivity contribution in [2.24, 2.45) is 4.99 Å². The molecular formula is C19H34IN5OS. The van der Waals surface area contributed by atoms with Gasteiger partial charge in [0.25, 0.3) is 0 Å². The first-order valence-electron chi connectivity index (χ1n) is 9.83. The Labute approximate surface area is 184 Å². The number of aryl methyl sites for hydroxylation is 2. The van der Waals surface area contributed by atoms with Gasteiger partial charge in [-0.05, 0) is 26.7 Å². The molecule has 0 radical (unpaired) electrons. The molecule has 0 bridgehead atoms. The summed E-state index contributed by atoms with van der Waals surface area (Å²) in [4.78, 5) is 11.6. The maximum Gasteiger partial charge on any atom is 0.214 e. The van der Waals surface area contributed by atoms with Crippen LogP contribution >= 0.6 is 35.7 Å². The fourth-order valence-corrected chi connectivity index (χ4v) is 5.00. The van der Waals surface area contributed by atoms with Crippen LogP contribution in [0.4, 0.5) is 0 Å². The molecule has 3 rings (SSSR count). The summed E-state index contributed by atoms with van der Waals surface area (Å²) < 4.78 is 5.65. The van der Waals surface area contributed by atoms with Crippen LogP contribution in [-0.2, 0) is 6.54 Å². The van der Waals surface area contributed by atoms with E-state index < -0.39 is 0 Å². The van der Waals surface area contributed by atoms with E-state index >= 15 is 0 Å². The van der Waals surface area contributed by atoms with Crippen LogP contribution < -0.4 is 10.6 Å².